The fraction of sp³-hybridized carbons (Fsp3) is 0.133. The van der Waals surface area contributed by atoms with Gasteiger partial charge in [0.2, 0.25) is 0 Å². The number of hydrogen-bond donors (Lipinski definition) is 1. The summed E-state index contributed by atoms with van der Waals surface area (Å²) in [5.74, 6) is -0.0919. The zero-order valence-corrected chi connectivity index (χ0v) is 13.7. The fourth-order valence-electron chi connectivity index (χ4n) is 1.82. The fourth-order valence-corrected chi connectivity index (χ4v) is 3.94. The average molecular weight is 337 g/mol. The summed E-state index contributed by atoms with van der Waals surface area (Å²) in [7, 11) is -2.40. The Hall–Kier alpha value is -1.99. The van der Waals surface area contributed by atoms with Crippen LogP contribution >= 0.6 is 11.8 Å². The third kappa shape index (κ3) is 3.61. The number of carbonyl (C=O) groups excluding carboxylic acids is 1. The Labute approximate surface area is 133 Å². The van der Waals surface area contributed by atoms with Crippen molar-refractivity contribution in [1.29, 1.82) is 0 Å². The molecule has 0 atom stereocenters. The molecule has 2 aromatic carbocycles. The van der Waals surface area contributed by atoms with E-state index < -0.39 is 15.9 Å². The molecule has 0 unspecified atom stereocenters. The van der Waals surface area contributed by atoms with Gasteiger partial charge >= 0.3 is 0 Å². The standard InChI is InChI=1S/C15H15NO4S2/c1-20-12-9-7-11(8-10-12)15(17)16-22(18,19)14-6-4-3-5-13(14)21-2/h3-10H,1-2H3,(H,16,17). The smallest absolute Gasteiger partial charge is 0.265 e. The topological polar surface area (TPSA) is 72.5 Å². The molecule has 2 rings (SSSR count). The number of thioether (sulfide) groups is 1. The number of ether oxygens (including phenoxy) is 1. The van der Waals surface area contributed by atoms with E-state index in [0.717, 1.165) is 0 Å². The lowest BCUT2D eigenvalue weighted by Crippen LogP contribution is -2.30. The predicted octanol–water partition coefficient (Wildman–Crippen LogP) is 2.54. The molecule has 0 aliphatic carbocycles. The minimum absolute atomic E-state index is 0.0874. The second-order valence-electron chi connectivity index (χ2n) is 4.31. The zero-order valence-electron chi connectivity index (χ0n) is 12.1. The molecular formula is C15H15NO4S2. The third-order valence-electron chi connectivity index (χ3n) is 2.94. The molecule has 7 heteroatoms. The van der Waals surface area contributed by atoms with Gasteiger partial charge in [-0.3, -0.25) is 4.79 Å². The van der Waals surface area contributed by atoms with Crippen molar-refractivity contribution in [2.75, 3.05) is 13.4 Å². The van der Waals surface area contributed by atoms with Gasteiger partial charge in [-0.05, 0) is 42.7 Å². The van der Waals surface area contributed by atoms with Crippen molar-refractivity contribution < 1.29 is 17.9 Å². The maximum absolute atomic E-state index is 12.3. The van der Waals surface area contributed by atoms with E-state index in [-0.39, 0.29) is 10.5 Å². The Kier molecular flexibility index (Phi) is 5.10. The first kappa shape index (κ1) is 16.4. The molecule has 1 N–H and O–H groups in total. The Morgan fingerprint density at radius 2 is 1.73 bits per heavy atom. The summed E-state index contributed by atoms with van der Waals surface area (Å²) in [6.07, 6.45) is 1.78. The number of rotatable bonds is 5. The molecule has 116 valence electrons. The maximum Gasteiger partial charge on any atom is 0.265 e. The van der Waals surface area contributed by atoms with Crippen LogP contribution in [0.3, 0.4) is 0 Å². The van der Waals surface area contributed by atoms with Gasteiger partial charge in [0.1, 0.15) is 10.6 Å². The Bertz CT molecular complexity index is 770. The molecule has 0 saturated carbocycles. The van der Waals surface area contributed by atoms with E-state index in [9.17, 15) is 13.2 Å². The summed E-state index contributed by atoms with van der Waals surface area (Å²) in [6, 6.07) is 12.7. The molecule has 2 aromatic rings. The lowest BCUT2D eigenvalue weighted by molar-refractivity contribution is 0.0981. The van der Waals surface area contributed by atoms with Crippen molar-refractivity contribution in [2.24, 2.45) is 0 Å². The second-order valence-corrected chi connectivity index (χ2v) is 6.81. The molecule has 0 aromatic heterocycles. The van der Waals surface area contributed by atoms with Crippen molar-refractivity contribution in [3.63, 3.8) is 0 Å². The summed E-state index contributed by atoms with van der Waals surface area (Å²) >= 11 is 1.30. The highest BCUT2D eigenvalue weighted by Gasteiger charge is 2.21. The van der Waals surface area contributed by atoms with Crippen molar-refractivity contribution in [3.05, 3.63) is 54.1 Å². The van der Waals surface area contributed by atoms with E-state index in [1.54, 1.807) is 36.6 Å². The van der Waals surface area contributed by atoms with Gasteiger partial charge < -0.3 is 4.74 Å². The normalized spacial score (nSPS) is 11.0. The van der Waals surface area contributed by atoms with E-state index in [0.29, 0.717) is 10.6 Å². The lowest BCUT2D eigenvalue weighted by atomic mass is 10.2. The summed E-state index contributed by atoms with van der Waals surface area (Å²) in [5.41, 5.74) is 0.242. The Balaban J connectivity index is 2.25. The SMILES string of the molecule is COc1ccc(C(=O)NS(=O)(=O)c2ccccc2SC)cc1. The second kappa shape index (κ2) is 6.85. The largest absolute Gasteiger partial charge is 0.497 e. The van der Waals surface area contributed by atoms with Gasteiger partial charge in [0.15, 0.2) is 0 Å². The number of amides is 1. The Morgan fingerprint density at radius 1 is 1.09 bits per heavy atom. The maximum atomic E-state index is 12.3. The number of methoxy groups -OCH3 is 1. The highest BCUT2D eigenvalue weighted by molar-refractivity contribution is 7.99. The lowest BCUT2D eigenvalue weighted by Gasteiger charge is -2.10. The molecule has 22 heavy (non-hydrogen) atoms. The summed E-state index contributed by atoms with van der Waals surface area (Å²) in [5, 5.41) is 0. The van der Waals surface area contributed by atoms with Gasteiger partial charge in [0.05, 0.1) is 7.11 Å². The number of hydrogen-bond acceptors (Lipinski definition) is 5. The van der Waals surface area contributed by atoms with Gasteiger partial charge in [-0.1, -0.05) is 12.1 Å². The van der Waals surface area contributed by atoms with Crippen molar-refractivity contribution in [2.45, 2.75) is 9.79 Å². The van der Waals surface area contributed by atoms with E-state index in [1.165, 1.54) is 37.1 Å². The molecule has 0 aliphatic rings. The molecule has 0 bridgehead atoms. The molecule has 0 fully saturated rings. The summed E-state index contributed by atoms with van der Waals surface area (Å²) < 4.78 is 31.8. The van der Waals surface area contributed by atoms with E-state index in [1.807, 2.05) is 0 Å². The van der Waals surface area contributed by atoms with Crippen LogP contribution in [-0.2, 0) is 10.0 Å². The molecule has 1 amide bonds. The first-order chi connectivity index (χ1) is 10.5. The molecule has 0 aliphatic heterocycles. The monoisotopic (exact) mass is 337 g/mol. The number of sulfonamides is 1. The molecule has 0 heterocycles. The van der Waals surface area contributed by atoms with Gasteiger partial charge in [0, 0.05) is 10.5 Å². The van der Waals surface area contributed by atoms with Crippen LogP contribution in [0.15, 0.2) is 58.3 Å². The molecular weight excluding hydrogens is 322 g/mol. The quantitative estimate of drug-likeness (QED) is 0.849. The van der Waals surface area contributed by atoms with Gasteiger partial charge in [-0.25, -0.2) is 13.1 Å². The van der Waals surface area contributed by atoms with E-state index in [2.05, 4.69) is 4.72 Å². The van der Waals surface area contributed by atoms with Crippen LogP contribution in [0.25, 0.3) is 0 Å². The van der Waals surface area contributed by atoms with Crippen molar-refractivity contribution in [1.82, 2.24) is 4.72 Å². The van der Waals surface area contributed by atoms with Gasteiger partial charge in [0.25, 0.3) is 15.9 Å². The van der Waals surface area contributed by atoms with Gasteiger partial charge in [-0.15, -0.1) is 11.8 Å². The van der Waals surface area contributed by atoms with Crippen molar-refractivity contribution >= 4 is 27.7 Å². The highest BCUT2D eigenvalue weighted by atomic mass is 32.2. The summed E-state index contributed by atoms with van der Waals surface area (Å²) in [6.45, 7) is 0. The minimum Gasteiger partial charge on any atom is -0.497 e. The highest BCUT2D eigenvalue weighted by Crippen LogP contribution is 2.24. The molecule has 0 saturated heterocycles. The van der Waals surface area contributed by atoms with Crippen LogP contribution in [0.5, 0.6) is 5.75 Å². The van der Waals surface area contributed by atoms with Crippen LogP contribution < -0.4 is 9.46 Å². The Morgan fingerprint density at radius 3 is 2.32 bits per heavy atom. The van der Waals surface area contributed by atoms with E-state index >= 15 is 0 Å². The van der Waals surface area contributed by atoms with E-state index in [4.69, 9.17) is 4.74 Å². The first-order valence-corrected chi connectivity index (χ1v) is 9.03. The first-order valence-electron chi connectivity index (χ1n) is 6.32. The van der Waals surface area contributed by atoms with Crippen LogP contribution in [-0.4, -0.2) is 27.7 Å². The van der Waals surface area contributed by atoms with Crippen LogP contribution in [0.4, 0.5) is 0 Å². The average Bonchev–Trinajstić information content (AvgIpc) is 2.54. The van der Waals surface area contributed by atoms with Gasteiger partial charge in [-0.2, -0.15) is 0 Å². The number of carbonyl (C=O) groups is 1. The minimum atomic E-state index is -3.92. The molecule has 0 radical (unpaired) electrons. The number of nitrogens with one attached hydrogen (secondary N) is 1. The third-order valence-corrected chi connectivity index (χ3v) is 5.25. The summed E-state index contributed by atoms with van der Waals surface area (Å²) in [4.78, 5) is 12.8. The molecule has 5 nitrogen and oxygen atoms in total. The van der Waals surface area contributed by atoms with Crippen molar-refractivity contribution in [3.8, 4) is 5.75 Å². The van der Waals surface area contributed by atoms with Crippen LogP contribution in [0, 0.1) is 0 Å². The zero-order chi connectivity index (χ0) is 16.2. The van der Waals surface area contributed by atoms with Crippen LogP contribution in [0.2, 0.25) is 0 Å². The number of benzene rings is 2. The van der Waals surface area contributed by atoms with Crippen LogP contribution in [0.1, 0.15) is 10.4 Å². The molecule has 0 spiro atoms. The predicted molar refractivity (Wildman–Crippen MR) is 85.9 cm³/mol.